The van der Waals surface area contributed by atoms with Crippen molar-refractivity contribution in [1.82, 2.24) is 15.2 Å². The zero-order valence-electron chi connectivity index (χ0n) is 7.03. The first-order valence-corrected chi connectivity index (χ1v) is 4.76. The largest absolute Gasteiger partial charge is 0.243 e. The summed E-state index contributed by atoms with van der Waals surface area (Å²) in [5.74, 6) is 0. The van der Waals surface area contributed by atoms with E-state index in [1.54, 1.807) is 11.3 Å². The summed E-state index contributed by atoms with van der Waals surface area (Å²) in [6.45, 7) is 4.03. The summed E-state index contributed by atoms with van der Waals surface area (Å²) in [6, 6.07) is 0. The van der Waals surface area contributed by atoms with E-state index in [0.717, 1.165) is 23.3 Å². The third-order valence-corrected chi connectivity index (χ3v) is 2.76. The lowest BCUT2D eigenvalue weighted by Gasteiger charge is -1.97. The van der Waals surface area contributed by atoms with Gasteiger partial charge >= 0.3 is 0 Å². The number of aryl methyl sites for hydroxylation is 2. The van der Waals surface area contributed by atoms with E-state index >= 15 is 0 Å². The predicted molar refractivity (Wildman–Crippen MR) is 49.3 cm³/mol. The van der Waals surface area contributed by atoms with Gasteiger partial charge in [-0.2, -0.15) is 10.2 Å². The maximum Gasteiger partial charge on any atom is 0.106 e. The Morgan fingerprint density at radius 3 is 3.00 bits per heavy atom. The van der Waals surface area contributed by atoms with Gasteiger partial charge in [-0.3, -0.25) is 0 Å². The standard InChI is InChI=1S/C8H9N3S/c1-3-6-7-8(12-4-9-7)5(2)10-11-6/h4H,3H2,1-2H3. The highest BCUT2D eigenvalue weighted by molar-refractivity contribution is 7.16. The molecule has 0 aliphatic rings. The first kappa shape index (κ1) is 7.61. The maximum absolute atomic E-state index is 4.27. The summed E-state index contributed by atoms with van der Waals surface area (Å²) in [6.07, 6.45) is 0.896. The summed E-state index contributed by atoms with van der Waals surface area (Å²) < 4.78 is 1.17. The Kier molecular flexibility index (Phi) is 1.77. The Bertz CT molecular complexity index is 408. The maximum atomic E-state index is 4.27. The minimum Gasteiger partial charge on any atom is -0.243 e. The smallest absolute Gasteiger partial charge is 0.106 e. The molecule has 0 bridgehead atoms. The highest BCUT2D eigenvalue weighted by Gasteiger charge is 2.06. The van der Waals surface area contributed by atoms with Crippen LogP contribution in [0.3, 0.4) is 0 Å². The normalized spacial score (nSPS) is 10.8. The van der Waals surface area contributed by atoms with Crippen LogP contribution in [0.1, 0.15) is 18.3 Å². The highest BCUT2D eigenvalue weighted by Crippen LogP contribution is 2.21. The van der Waals surface area contributed by atoms with Crippen molar-refractivity contribution >= 4 is 21.6 Å². The van der Waals surface area contributed by atoms with Crippen molar-refractivity contribution in [2.75, 3.05) is 0 Å². The van der Waals surface area contributed by atoms with Gasteiger partial charge in [0.1, 0.15) is 5.52 Å². The number of hydrogen-bond acceptors (Lipinski definition) is 4. The molecule has 2 rings (SSSR count). The van der Waals surface area contributed by atoms with Gasteiger partial charge in [-0.25, -0.2) is 4.98 Å². The van der Waals surface area contributed by atoms with Crippen LogP contribution in [0.2, 0.25) is 0 Å². The second-order valence-corrected chi connectivity index (χ2v) is 3.47. The molecule has 2 heterocycles. The third-order valence-electron chi connectivity index (χ3n) is 1.82. The molecule has 0 amide bonds. The lowest BCUT2D eigenvalue weighted by atomic mass is 10.2. The molecule has 0 aliphatic heterocycles. The molecule has 3 nitrogen and oxygen atoms in total. The van der Waals surface area contributed by atoms with Crippen LogP contribution in [-0.4, -0.2) is 15.2 Å². The topological polar surface area (TPSA) is 38.7 Å². The van der Waals surface area contributed by atoms with E-state index < -0.39 is 0 Å². The number of hydrogen-bond donors (Lipinski definition) is 0. The minimum absolute atomic E-state index is 0.896. The van der Waals surface area contributed by atoms with E-state index in [4.69, 9.17) is 0 Å². The van der Waals surface area contributed by atoms with Crippen molar-refractivity contribution in [3.05, 3.63) is 16.9 Å². The van der Waals surface area contributed by atoms with Crippen molar-refractivity contribution in [1.29, 1.82) is 0 Å². The zero-order chi connectivity index (χ0) is 8.55. The van der Waals surface area contributed by atoms with Gasteiger partial charge in [-0.15, -0.1) is 11.3 Å². The molecule has 4 heteroatoms. The van der Waals surface area contributed by atoms with Crippen LogP contribution in [0.15, 0.2) is 5.51 Å². The van der Waals surface area contributed by atoms with Crippen molar-refractivity contribution in [2.45, 2.75) is 20.3 Å². The molecule has 0 aromatic carbocycles. The molecular formula is C8H9N3S. The Morgan fingerprint density at radius 2 is 2.25 bits per heavy atom. The van der Waals surface area contributed by atoms with Gasteiger partial charge in [0.2, 0.25) is 0 Å². The van der Waals surface area contributed by atoms with E-state index in [0.29, 0.717) is 0 Å². The number of nitrogens with zero attached hydrogens (tertiary/aromatic N) is 3. The van der Waals surface area contributed by atoms with E-state index in [-0.39, 0.29) is 0 Å². The van der Waals surface area contributed by atoms with E-state index in [1.807, 2.05) is 12.4 Å². The fourth-order valence-electron chi connectivity index (χ4n) is 1.17. The Balaban J connectivity index is 2.82. The monoisotopic (exact) mass is 179 g/mol. The quantitative estimate of drug-likeness (QED) is 0.671. The Hall–Kier alpha value is -1.03. The minimum atomic E-state index is 0.896. The van der Waals surface area contributed by atoms with Gasteiger partial charge in [0, 0.05) is 0 Å². The average Bonchev–Trinajstić information content (AvgIpc) is 2.54. The summed E-state index contributed by atoms with van der Waals surface area (Å²) in [7, 11) is 0. The third kappa shape index (κ3) is 0.992. The summed E-state index contributed by atoms with van der Waals surface area (Å²) in [4.78, 5) is 4.27. The molecule has 0 radical (unpaired) electrons. The second-order valence-electron chi connectivity index (χ2n) is 2.62. The van der Waals surface area contributed by atoms with Crippen molar-refractivity contribution in [3.63, 3.8) is 0 Å². The van der Waals surface area contributed by atoms with Crippen LogP contribution in [-0.2, 0) is 6.42 Å². The second kappa shape index (κ2) is 2.79. The summed E-state index contributed by atoms with van der Waals surface area (Å²) >= 11 is 1.63. The van der Waals surface area contributed by atoms with Crippen molar-refractivity contribution in [2.24, 2.45) is 0 Å². The molecule has 0 saturated heterocycles. The van der Waals surface area contributed by atoms with Crippen LogP contribution >= 0.6 is 11.3 Å². The zero-order valence-corrected chi connectivity index (χ0v) is 7.85. The molecule has 2 aromatic heterocycles. The molecule has 0 aliphatic carbocycles. The van der Waals surface area contributed by atoms with Crippen LogP contribution in [0, 0.1) is 6.92 Å². The molecule has 62 valence electrons. The van der Waals surface area contributed by atoms with Gasteiger partial charge in [0.15, 0.2) is 0 Å². The van der Waals surface area contributed by atoms with Gasteiger partial charge in [0.05, 0.1) is 21.6 Å². The lowest BCUT2D eigenvalue weighted by molar-refractivity contribution is 0.913. The van der Waals surface area contributed by atoms with E-state index in [9.17, 15) is 0 Å². The van der Waals surface area contributed by atoms with Gasteiger partial charge in [0.25, 0.3) is 0 Å². The summed E-state index contributed by atoms with van der Waals surface area (Å²) in [5, 5.41) is 8.16. The Morgan fingerprint density at radius 1 is 1.42 bits per heavy atom. The van der Waals surface area contributed by atoms with Crippen LogP contribution in [0.4, 0.5) is 0 Å². The van der Waals surface area contributed by atoms with Crippen molar-refractivity contribution < 1.29 is 0 Å². The molecule has 12 heavy (non-hydrogen) atoms. The molecule has 0 N–H and O–H groups in total. The van der Waals surface area contributed by atoms with Gasteiger partial charge < -0.3 is 0 Å². The molecular weight excluding hydrogens is 170 g/mol. The Labute approximate surface area is 74.5 Å². The number of aromatic nitrogens is 3. The summed E-state index contributed by atoms with van der Waals surface area (Å²) in [5.41, 5.74) is 4.84. The number of rotatable bonds is 1. The van der Waals surface area contributed by atoms with Crippen LogP contribution < -0.4 is 0 Å². The first-order chi connectivity index (χ1) is 5.83. The fraction of sp³-hybridized carbons (Fsp3) is 0.375. The number of fused-ring (bicyclic) bond motifs is 1. The van der Waals surface area contributed by atoms with Crippen LogP contribution in [0.5, 0.6) is 0 Å². The SMILES string of the molecule is CCc1nnc(C)c2scnc12. The molecule has 0 saturated carbocycles. The van der Waals surface area contributed by atoms with Gasteiger partial charge in [-0.1, -0.05) is 6.92 Å². The molecule has 0 unspecified atom stereocenters. The molecule has 0 fully saturated rings. The molecule has 0 atom stereocenters. The van der Waals surface area contributed by atoms with Gasteiger partial charge in [-0.05, 0) is 13.3 Å². The number of thiazole rings is 1. The average molecular weight is 179 g/mol. The lowest BCUT2D eigenvalue weighted by Crippen LogP contribution is -1.94. The van der Waals surface area contributed by atoms with Crippen molar-refractivity contribution in [3.8, 4) is 0 Å². The van der Waals surface area contributed by atoms with E-state index in [2.05, 4.69) is 22.1 Å². The fourth-order valence-corrected chi connectivity index (χ4v) is 1.93. The molecule has 2 aromatic rings. The first-order valence-electron chi connectivity index (χ1n) is 3.88. The molecule has 0 spiro atoms. The van der Waals surface area contributed by atoms with Crippen LogP contribution in [0.25, 0.3) is 10.2 Å². The highest BCUT2D eigenvalue weighted by atomic mass is 32.1. The van der Waals surface area contributed by atoms with E-state index in [1.165, 1.54) is 4.70 Å². The predicted octanol–water partition coefficient (Wildman–Crippen LogP) is 1.96.